The Balaban J connectivity index is -0.000000400. The fraction of sp³-hybridized carbons (Fsp3) is 0.176. The molecule has 128 valence electrons. The van der Waals surface area contributed by atoms with Gasteiger partial charge < -0.3 is 17.4 Å². The summed E-state index contributed by atoms with van der Waals surface area (Å²) in [5.74, 6) is -0.745. The molecule has 5 nitrogen and oxygen atoms in total. The van der Waals surface area contributed by atoms with Gasteiger partial charge in [0.25, 0.3) is 0 Å². The predicted octanol–water partition coefficient (Wildman–Crippen LogP) is 5.94. The van der Waals surface area contributed by atoms with Gasteiger partial charge >= 0.3 is 27.0 Å². The molecule has 0 amide bonds. The number of hydrogen-bond acceptors (Lipinski definition) is 2. The summed E-state index contributed by atoms with van der Waals surface area (Å²) in [4.78, 5) is 13.8. The molecule has 0 bridgehead atoms. The number of pyridine rings is 1. The van der Waals surface area contributed by atoms with Crippen LogP contribution in [0.1, 0.15) is 20.8 Å². The first-order valence-electron chi connectivity index (χ1n) is 6.16. The van der Waals surface area contributed by atoms with E-state index in [-0.39, 0.29) is 47.2 Å². The quantitative estimate of drug-likeness (QED) is 0.420. The normalized spacial score (nSPS) is 8.22. The van der Waals surface area contributed by atoms with Crippen LogP contribution in [0.3, 0.4) is 0 Å². The molecular weight excluding hydrogens is 473 g/mol. The number of nitrogens with zero attached hydrogens (tertiary/aromatic N) is 1. The van der Waals surface area contributed by atoms with Gasteiger partial charge in [-0.25, -0.2) is 0 Å². The van der Waals surface area contributed by atoms with Crippen LogP contribution in [-0.4, -0.2) is 16.1 Å². The fourth-order valence-corrected chi connectivity index (χ4v) is 1.81. The summed E-state index contributed by atoms with van der Waals surface area (Å²) in [5, 5.41) is 11.4. The number of nitrogens with two attached hydrogens (primary N) is 2. The van der Waals surface area contributed by atoms with E-state index in [0.717, 1.165) is 5.52 Å². The van der Waals surface area contributed by atoms with Gasteiger partial charge in [-0.05, 0) is 11.5 Å². The van der Waals surface area contributed by atoms with Crippen LogP contribution in [0.25, 0.3) is 34.0 Å². The van der Waals surface area contributed by atoms with Crippen LogP contribution in [0.2, 0.25) is 0 Å². The summed E-state index contributed by atoms with van der Waals surface area (Å²) in [6.07, 6.45) is 2.15. The van der Waals surface area contributed by atoms with E-state index < -0.39 is 5.97 Å². The van der Waals surface area contributed by atoms with Gasteiger partial charge in [0.05, 0.1) is 5.52 Å². The molecule has 5 N–H and O–H groups in total. The number of para-hydroxylation sites is 1. The van der Waals surface area contributed by atoms with Crippen LogP contribution in [-0.2, 0) is 25.9 Å². The monoisotopic (exact) mass is 496 g/mol. The molecule has 3 aromatic rings. The van der Waals surface area contributed by atoms with E-state index in [1.54, 1.807) is 6.92 Å². The van der Waals surface area contributed by atoms with Gasteiger partial charge in [-0.15, -0.1) is 0 Å². The van der Waals surface area contributed by atoms with Gasteiger partial charge in [0, 0.05) is 23.4 Å². The molecule has 2 aromatic carbocycles. The smallest absolute Gasteiger partial charge is 0.693 e. The Kier molecular flexibility index (Phi) is 14.4. The minimum atomic E-state index is -0.745. The Morgan fingerprint density at radius 2 is 1.48 bits per heavy atom. The average molecular weight is 496 g/mol. The number of carbonyl (C=O) groups is 1. The predicted molar refractivity (Wildman–Crippen MR) is 94.5 cm³/mol. The molecule has 0 aliphatic carbocycles. The SMILES string of the molecule is C.CCC(=O)O.[NH2-].[NH2-].[Pt+2].c1ccc2c(c1)cnc1ccccc12. The molecule has 23 heavy (non-hydrogen) atoms. The summed E-state index contributed by atoms with van der Waals surface area (Å²) < 4.78 is 0. The molecule has 0 saturated carbocycles. The molecule has 0 aliphatic heterocycles. The molecule has 3 rings (SSSR count). The van der Waals surface area contributed by atoms with Gasteiger partial charge in [0.2, 0.25) is 0 Å². The Hall–Kier alpha value is -1.81. The average Bonchev–Trinajstić information content (AvgIpc) is 2.48. The van der Waals surface area contributed by atoms with Crippen molar-refractivity contribution in [1.29, 1.82) is 0 Å². The maximum absolute atomic E-state index is 9.37. The van der Waals surface area contributed by atoms with Crippen molar-refractivity contribution in [2.75, 3.05) is 0 Å². The Morgan fingerprint density at radius 3 is 2.04 bits per heavy atom. The van der Waals surface area contributed by atoms with Gasteiger partial charge in [-0.2, -0.15) is 0 Å². The van der Waals surface area contributed by atoms with E-state index in [2.05, 4.69) is 35.3 Å². The van der Waals surface area contributed by atoms with Gasteiger partial charge in [0.15, 0.2) is 0 Å². The van der Waals surface area contributed by atoms with Crippen molar-refractivity contribution in [3.63, 3.8) is 0 Å². The van der Waals surface area contributed by atoms with E-state index in [4.69, 9.17) is 5.11 Å². The zero-order chi connectivity index (χ0) is 13.7. The number of carboxylic acid groups (broad SMARTS) is 1. The maximum Gasteiger partial charge on any atom is 2.00 e. The van der Waals surface area contributed by atoms with Crippen molar-refractivity contribution >= 4 is 27.6 Å². The number of aromatic nitrogens is 1. The number of aliphatic carboxylic acids is 1. The molecule has 0 radical (unpaired) electrons. The number of fused-ring (bicyclic) bond motifs is 3. The van der Waals surface area contributed by atoms with E-state index >= 15 is 0 Å². The molecule has 0 unspecified atom stereocenters. The first-order chi connectivity index (χ1) is 9.22. The van der Waals surface area contributed by atoms with E-state index in [9.17, 15) is 4.79 Å². The third kappa shape index (κ3) is 6.87. The third-order valence-corrected chi connectivity index (χ3v) is 2.80. The number of carboxylic acids is 1. The van der Waals surface area contributed by atoms with Crippen LogP contribution in [0, 0.1) is 0 Å². The van der Waals surface area contributed by atoms with Crippen LogP contribution in [0.4, 0.5) is 0 Å². The van der Waals surface area contributed by atoms with Crippen molar-refractivity contribution < 1.29 is 31.0 Å². The molecule has 0 spiro atoms. The van der Waals surface area contributed by atoms with Crippen LogP contribution >= 0.6 is 0 Å². The van der Waals surface area contributed by atoms with E-state index in [0.29, 0.717) is 0 Å². The van der Waals surface area contributed by atoms with Crippen molar-refractivity contribution in [1.82, 2.24) is 4.98 Å². The van der Waals surface area contributed by atoms with Gasteiger partial charge in [-0.1, -0.05) is 56.8 Å². The molecule has 1 aromatic heterocycles. The van der Waals surface area contributed by atoms with Crippen LogP contribution in [0.15, 0.2) is 54.7 Å². The van der Waals surface area contributed by atoms with E-state index in [1.165, 1.54) is 16.2 Å². The Labute approximate surface area is 151 Å². The van der Waals surface area contributed by atoms with Crippen molar-refractivity contribution in [3.8, 4) is 0 Å². The number of benzene rings is 2. The second-order valence-electron chi connectivity index (χ2n) is 4.11. The first kappa shape index (κ1) is 26.1. The Morgan fingerprint density at radius 1 is 1.00 bits per heavy atom. The molecule has 1 heterocycles. The summed E-state index contributed by atoms with van der Waals surface area (Å²) in [5.41, 5.74) is 1.06. The minimum Gasteiger partial charge on any atom is -0.693 e. The summed E-state index contributed by atoms with van der Waals surface area (Å²) in [7, 11) is 0. The topological polar surface area (TPSA) is 117 Å². The minimum absolute atomic E-state index is 0. The second-order valence-corrected chi connectivity index (χ2v) is 4.11. The molecule has 0 atom stereocenters. The van der Waals surface area contributed by atoms with Crippen molar-refractivity contribution in [2.24, 2.45) is 0 Å². The number of hydrogen-bond donors (Lipinski definition) is 1. The van der Waals surface area contributed by atoms with Gasteiger partial charge in [0.1, 0.15) is 0 Å². The zero-order valence-electron chi connectivity index (χ0n) is 12.2. The van der Waals surface area contributed by atoms with Crippen LogP contribution in [0.5, 0.6) is 0 Å². The summed E-state index contributed by atoms with van der Waals surface area (Å²) in [6, 6.07) is 16.6. The van der Waals surface area contributed by atoms with E-state index in [1.807, 2.05) is 24.4 Å². The molecule has 0 fully saturated rings. The third-order valence-electron chi connectivity index (χ3n) is 2.80. The van der Waals surface area contributed by atoms with Gasteiger partial charge in [-0.3, -0.25) is 9.78 Å². The second kappa shape index (κ2) is 12.7. The Bertz CT molecular complexity index is 665. The largest absolute Gasteiger partial charge is 2.00 e. The molecule has 6 heteroatoms. The molecule has 0 saturated heterocycles. The van der Waals surface area contributed by atoms with Crippen molar-refractivity contribution in [2.45, 2.75) is 20.8 Å². The standard InChI is InChI=1S/C13H9N.C3H6O2.CH4.2H2N.Pt/c1-2-6-11-10(5-1)9-14-13-8-4-3-7-12(11)13;1-2-3(4)5;;;;/h1-9H;2H2,1H3,(H,4,5);1H4;2*1H2;/q;;;2*-1;+2. The molecular formula is C17H23N3O2Pt. The zero-order valence-corrected chi connectivity index (χ0v) is 14.4. The summed E-state index contributed by atoms with van der Waals surface area (Å²) >= 11 is 0. The summed E-state index contributed by atoms with van der Waals surface area (Å²) in [6.45, 7) is 1.60. The van der Waals surface area contributed by atoms with Crippen LogP contribution < -0.4 is 0 Å². The van der Waals surface area contributed by atoms with Crippen molar-refractivity contribution in [3.05, 3.63) is 67.0 Å². The fourth-order valence-electron chi connectivity index (χ4n) is 1.81. The number of rotatable bonds is 1. The molecule has 0 aliphatic rings. The maximum atomic E-state index is 9.37. The first-order valence-corrected chi connectivity index (χ1v) is 6.16.